The van der Waals surface area contributed by atoms with Crippen molar-refractivity contribution >= 4 is 123 Å². The molecule has 3 aromatic heterocycles. The summed E-state index contributed by atoms with van der Waals surface area (Å²) in [7, 11) is 0. The van der Waals surface area contributed by atoms with Gasteiger partial charge in [-0.1, -0.05) is 158 Å². The van der Waals surface area contributed by atoms with Gasteiger partial charge < -0.3 is 23.4 Å². The SMILES string of the molecule is CC(C)(C)c1cc2c3c(c1)-n1c4ccc(C(C)(C)C)cc4c4cc(C(C)(C)C)cc(c41)N3c1cc(C#N)cc3c1B2c1ccc(-n2c4ccc(C(C)(C)C)cc4c4cc(C(C)(C)C)ccc42)cc1N3c1cccc2oc3ccccc3c12. The first-order valence-corrected chi connectivity index (χ1v) is 29.4. The molecular formula is C75H70BN5O. The number of rotatable bonds is 2. The third kappa shape index (κ3) is 7.06. The number of nitrogens with zero attached hydrogens (tertiary/aromatic N) is 5. The molecule has 0 amide bonds. The Morgan fingerprint density at radius 2 is 0.915 bits per heavy atom. The molecule has 15 rings (SSSR count). The van der Waals surface area contributed by atoms with Gasteiger partial charge in [-0.15, -0.1) is 0 Å². The highest BCUT2D eigenvalue weighted by Crippen LogP contribution is 2.55. The first-order valence-electron chi connectivity index (χ1n) is 29.4. The van der Waals surface area contributed by atoms with Crippen LogP contribution in [-0.2, 0) is 27.1 Å². The molecule has 0 bridgehead atoms. The van der Waals surface area contributed by atoms with Crippen LogP contribution >= 0.6 is 0 Å². The second kappa shape index (κ2) is 16.4. The van der Waals surface area contributed by atoms with Crippen LogP contribution in [0.1, 0.15) is 137 Å². The topological polar surface area (TPSA) is 53.3 Å². The van der Waals surface area contributed by atoms with Crippen molar-refractivity contribution in [1.29, 1.82) is 5.26 Å². The normalized spacial score (nSPS) is 14.2. The third-order valence-corrected chi connectivity index (χ3v) is 18.6. The number of nitriles is 1. The van der Waals surface area contributed by atoms with E-state index >= 15 is 0 Å². The predicted molar refractivity (Wildman–Crippen MR) is 348 cm³/mol. The smallest absolute Gasteiger partial charge is 0.252 e. The van der Waals surface area contributed by atoms with Gasteiger partial charge in [0.15, 0.2) is 0 Å². The molecule has 0 aliphatic carbocycles. The molecule has 0 saturated carbocycles. The molecule has 0 saturated heterocycles. The van der Waals surface area contributed by atoms with Crippen LogP contribution in [-0.4, -0.2) is 15.8 Å². The lowest BCUT2D eigenvalue weighted by Crippen LogP contribution is -2.62. The summed E-state index contributed by atoms with van der Waals surface area (Å²) in [5, 5.41) is 18.6. The minimum absolute atomic E-state index is 0.0321. The zero-order valence-electron chi connectivity index (χ0n) is 50.2. The number of hydrogen-bond donors (Lipinski definition) is 0. The average Bonchev–Trinajstić information content (AvgIpc) is 1.30. The van der Waals surface area contributed by atoms with Gasteiger partial charge in [0.2, 0.25) is 0 Å². The van der Waals surface area contributed by atoms with Crippen LogP contribution < -0.4 is 26.2 Å². The van der Waals surface area contributed by atoms with E-state index < -0.39 is 0 Å². The number of benzene rings is 9. The summed E-state index contributed by atoms with van der Waals surface area (Å²) < 4.78 is 11.8. The first-order chi connectivity index (χ1) is 38.8. The van der Waals surface area contributed by atoms with Gasteiger partial charge in [0, 0.05) is 49.7 Å². The molecule has 0 spiro atoms. The predicted octanol–water partition coefficient (Wildman–Crippen LogP) is 18.5. The molecule has 0 fully saturated rings. The van der Waals surface area contributed by atoms with E-state index in [1.165, 1.54) is 99.2 Å². The van der Waals surface area contributed by atoms with E-state index in [0.29, 0.717) is 5.56 Å². The zero-order chi connectivity index (χ0) is 57.2. The van der Waals surface area contributed by atoms with Gasteiger partial charge in [0.1, 0.15) is 11.2 Å². The molecule has 3 aliphatic heterocycles. The Morgan fingerprint density at radius 1 is 0.390 bits per heavy atom. The van der Waals surface area contributed by atoms with Crippen LogP contribution in [0.2, 0.25) is 0 Å². The average molecular weight is 1070 g/mol. The van der Waals surface area contributed by atoms with E-state index in [0.717, 1.165) is 56.1 Å². The molecule has 82 heavy (non-hydrogen) atoms. The monoisotopic (exact) mass is 1070 g/mol. The van der Waals surface area contributed by atoms with Crippen molar-refractivity contribution in [2.24, 2.45) is 0 Å². The zero-order valence-corrected chi connectivity index (χ0v) is 50.2. The molecule has 404 valence electrons. The molecular weight excluding hydrogens is 998 g/mol. The van der Waals surface area contributed by atoms with Crippen LogP contribution in [0.25, 0.3) is 76.9 Å². The summed E-state index contributed by atoms with van der Waals surface area (Å²) in [5.74, 6) is 0. The van der Waals surface area contributed by atoms with Gasteiger partial charge in [-0.05, 0) is 168 Å². The maximum atomic E-state index is 11.5. The van der Waals surface area contributed by atoms with Crippen LogP contribution in [0, 0.1) is 11.3 Å². The molecule has 9 aromatic carbocycles. The highest BCUT2D eigenvalue weighted by atomic mass is 16.3. The largest absolute Gasteiger partial charge is 0.456 e. The number of furan rings is 1. The summed E-state index contributed by atoms with van der Waals surface area (Å²) >= 11 is 0. The van der Waals surface area contributed by atoms with Crippen LogP contribution in [0.5, 0.6) is 0 Å². The van der Waals surface area contributed by atoms with Gasteiger partial charge in [0.25, 0.3) is 6.71 Å². The second-order valence-corrected chi connectivity index (χ2v) is 29.1. The molecule has 6 nitrogen and oxygen atoms in total. The van der Waals surface area contributed by atoms with Crippen molar-refractivity contribution in [1.82, 2.24) is 9.13 Å². The van der Waals surface area contributed by atoms with Gasteiger partial charge in [-0.25, -0.2) is 0 Å². The van der Waals surface area contributed by atoms with Crippen LogP contribution in [0.4, 0.5) is 34.1 Å². The molecule has 0 atom stereocenters. The van der Waals surface area contributed by atoms with E-state index in [-0.39, 0.29) is 33.8 Å². The van der Waals surface area contributed by atoms with E-state index in [4.69, 9.17) is 4.42 Å². The van der Waals surface area contributed by atoms with Crippen molar-refractivity contribution in [3.05, 3.63) is 185 Å². The number of anilines is 6. The molecule has 0 radical (unpaired) electrons. The van der Waals surface area contributed by atoms with Crippen molar-refractivity contribution in [3.63, 3.8) is 0 Å². The number of fused-ring (bicyclic) bond motifs is 15. The van der Waals surface area contributed by atoms with Crippen LogP contribution in [0.15, 0.2) is 156 Å². The fraction of sp³-hybridized carbons (Fsp3) is 0.267. The van der Waals surface area contributed by atoms with E-state index in [1.807, 2.05) is 0 Å². The van der Waals surface area contributed by atoms with Crippen molar-refractivity contribution < 1.29 is 4.42 Å². The molecule has 6 heterocycles. The standard InChI is InChI=1S/C75H70BN5O/c1-71(2,3)43-23-28-56-50(33-43)51-34-44(72(4,5)6)24-29-57(51)78(56)48-26-27-54-60(40-48)79(59-20-18-22-66-67(59)49-19-16-17-21-65(49)82-66)61-31-42(41-77)32-62-68(61)76(54)55-37-47(75(13,14)15)39-64-70(55)81(62)63-38-46(74(10,11)12)36-53-52-35-45(73(7,8)9)25-30-58(52)80(64)69(53)63/h16-40H,1-15H3. The molecule has 7 heteroatoms. The minimum Gasteiger partial charge on any atom is -0.456 e. The third-order valence-electron chi connectivity index (χ3n) is 18.6. The van der Waals surface area contributed by atoms with Crippen molar-refractivity contribution in [2.45, 2.75) is 131 Å². The highest BCUT2D eigenvalue weighted by Gasteiger charge is 2.48. The van der Waals surface area contributed by atoms with Crippen molar-refractivity contribution in [2.75, 3.05) is 9.80 Å². The van der Waals surface area contributed by atoms with Gasteiger partial charge >= 0.3 is 0 Å². The summed E-state index contributed by atoms with van der Waals surface area (Å²) in [4.78, 5) is 5.05. The Balaban J connectivity index is 1.10. The van der Waals surface area contributed by atoms with Crippen molar-refractivity contribution in [3.8, 4) is 17.4 Å². The quantitative estimate of drug-likeness (QED) is 0.162. The number of aromatic nitrogens is 2. The summed E-state index contributed by atoms with van der Waals surface area (Å²) in [6.45, 7) is 34.6. The molecule has 12 aromatic rings. The Labute approximate surface area is 482 Å². The number of hydrogen-bond acceptors (Lipinski definition) is 4. The lowest BCUT2D eigenvalue weighted by molar-refractivity contribution is 0.590. The first kappa shape index (κ1) is 50.5. The fourth-order valence-corrected chi connectivity index (χ4v) is 14.0. The van der Waals surface area contributed by atoms with E-state index in [2.05, 4.69) is 281 Å². The summed E-state index contributed by atoms with van der Waals surface area (Å²) in [6, 6.07) is 60.5. The fourth-order valence-electron chi connectivity index (χ4n) is 14.0. The minimum atomic E-state index is -0.204. The Bertz CT molecular complexity index is 4790. The summed E-state index contributed by atoms with van der Waals surface area (Å²) in [6.07, 6.45) is 0. The van der Waals surface area contributed by atoms with E-state index in [1.54, 1.807) is 0 Å². The molecule has 0 N–H and O–H groups in total. The lowest BCUT2D eigenvalue weighted by atomic mass is 9.33. The maximum absolute atomic E-state index is 11.5. The molecule has 3 aliphatic rings. The summed E-state index contributed by atoms with van der Waals surface area (Å²) in [5.41, 5.74) is 25.3. The van der Waals surface area contributed by atoms with Gasteiger partial charge in [-0.3, -0.25) is 0 Å². The van der Waals surface area contributed by atoms with Gasteiger partial charge in [0.05, 0.1) is 61.8 Å². The van der Waals surface area contributed by atoms with E-state index in [9.17, 15) is 5.26 Å². The maximum Gasteiger partial charge on any atom is 0.252 e. The Morgan fingerprint density at radius 3 is 1.51 bits per heavy atom. The molecule has 0 unspecified atom stereocenters. The lowest BCUT2D eigenvalue weighted by Gasteiger charge is -2.47. The Kier molecular flexibility index (Phi) is 10.1. The highest BCUT2D eigenvalue weighted by molar-refractivity contribution is 7.00. The second-order valence-electron chi connectivity index (χ2n) is 29.1. The number of para-hydroxylation sites is 1. The van der Waals surface area contributed by atoms with Gasteiger partial charge in [-0.2, -0.15) is 5.26 Å². The Hall–Kier alpha value is -8.47. The van der Waals surface area contributed by atoms with Crippen LogP contribution in [0.3, 0.4) is 0 Å².